The number of aryl methyl sites for hydroxylation is 1. The van der Waals surface area contributed by atoms with Crippen LogP contribution in [0.3, 0.4) is 0 Å². The highest BCUT2D eigenvalue weighted by Crippen LogP contribution is 2.37. The highest BCUT2D eigenvalue weighted by Gasteiger charge is 2.37. The summed E-state index contributed by atoms with van der Waals surface area (Å²) in [5.74, 6) is 0.486. The summed E-state index contributed by atoms with van der Waals surface area (Å²) in [4.78, 5) is 26.2. The molecule has 1 N–H and O–H groups in total. The number of amides is 2. The number of carbonyl (C=O) groups excluding carboxylic acids is 2. The minimum absolute atomic E-state index is 0.108. The summed E-state index contributed by atoms with van der Waals surface area (Å²) in [5.41, 5.74) is 3.76. The normalized spacial score (nSPS) is 16.0. The van der Waals surface area contributed by atoms with Crippen molar-refractivity contribution in [3.8, 4) is 5.75 Å². The first kappa shape index (κ1) is 18.0. The SMILES string of the molecule is CC(=O)NC1C(=O)N(Cc2ccc(OC(C)C)cc2)c2ccc(C)cc21. The molecule has 0 radical (unpaired) electrons. The van der Waals surface area contributed by atoms with E-state index in [-0.39, 0.29) is 17.9 Å². The van der Waals surface area contributed by atoms with Crippen LogP contribution >= 0.6 is 0 Å². The number of hydrogen-bond donors (Lipinski definition) is 1. The van der Waals surface area contributed by atoms with Crippen molar-refractivity contribution in [3.63, 3.8) is 0 Å². The average molecular weight is 352 g/mol. The minimum Gasteiger partial charge on any atom is -0.491 e. The summed E-state index contributed by atoms with van der Waals surface area (Å²) in [7, 11) is 0. The molecule has 1 unspecified atom stereocenters. The van der Waals surface area contributed by atoms with E-state index in [0.29, 0.717) is 6.54 Å². The molecule has 0 saturated carbocycles. The predicted molar refractivity (Wildman–Crippen MR) is 101 cm³/mol. The van der Waals surface area contributed by atoms with Crippen LogP contribution in [0.15, 0.2) is 42.5 Å². The molecule has 1 atom stereocenters. The lowest BCUT2D eigenvalue weighted by molar-refractivity contribution is -0.126. The third-order valence-corrected chi connectivity index (χ3v) is 4.28. The zero-order chi connectivity index (χ0) is 18.8. The predicted octanol–water partition coefficient (Wildman–Crippen LogP) is 3.51. The fourth-order valence-corrected chi connectivity index (χ4v) is 3.19. The van der Waals surface area contributed by atoms with Crippen molar-refractivity contribution < 1.29 is 14.3 Å². The van der Waals surface area contributed by atoms with Gasteiger partial charge in [0.15, 0.2) is 0 Å². The molecule has 0 aromatic heterocycles. The summed E-state index contributed by atoms with van der Waals surface area (Å²) < 4.78 is 5.66. The summed E-state index contributed by atoms with van der Waals surface area (Å²) in [6.07, 6.45) is 0.120. The van der Waals surface area contributed by atoms with Crippen LogP contribution in [0.4, 0.5) is 5.69 Å². The first-order valence-corrected chi connectivity index (χ1v) is 8.80. The summed E-state index contributed by atoms with van der Waals surface area (Å²) in [6, 6.07) is 13.0. The van der Waals surface area contributed by atoms with Gasteiger partial charge in [0.2, 0.25) is 5.91 Å². The summed E-state index contributed by atoms with van der Waals surface area (Å²) in [5, 5.41) is 2.77. The number of hydrogen-bond acceptors (Lipinski definition) is 3. The molecule has 1 aliphatic heterocycles. The molecule has 26 heavy (non-hydrogen) atoms. The summed E-state index contributed by atoms with van der Waals surface area (Å²) >= 11 is 0. The molecule has 2 aromatic rings. The molecule has 0 aliphatic carbocycles. The van der Waals surface area contributed by atoms with Crippen molar-refractivity contribution >= 4 is 17.5 Å². The van der Waals surface area contributed by atoms with Crippen LogP contribution in [0.2, 0.25) is 0 Å². The van der Waals surface area contributed by atoms with E-state index in [0.717, 1.165) is 28.1 Å². The Bertz CT molecular complexity index is 828. The highest BCUT2D eigenvalue weighted by molar-refractivity contribution is 6.06. The number of carbonyl (C=O) groups is 2. The van der Waals surface area contributed by atoms with Crippen LogP contribution in [0.5, 0.6) is 5.75 Å². The second-order valence-corrected chi connectivity index (χ2v) is 6.93. The minimum atomic E-state index is -0.619. The Hall–Kier alpha value is -2.82. The lowest BCUT2D eigenvalue weighted by atomic mass is 10.1. The van der Waals surface area contributed by atoms with Gasteiger partial charge in [-0.25, -0.2) is 0 Å². The van der Waals surface area contributed by atoms with Crippen LogP contribution in [-0.4, -0.2) is 17.9 Å². The maximum Gasteiger partial charge on any atom is 0.254 e. The number of nitrogens with zero attached hydrogens (tertiary/aromatic N) is 1. The van der Waals surface area contributed by atoms with E-state index in [2.05, 4.69) is 5.32 Å². The first-order chi connectivity index (χ1) is 12.3. The molecule has 1 heterocycles. The zero-order valence-corrected chi connectivity index (χ0v) is 15.6. The third-order valence-electron chi connectivity index (χ3n) is 4.28. The van der Waals surface area contributed by atoms with E-state index < -0.39 is 6.04 Å². The molecule has 3 rings (SSSR count). The standard InChI is InChI=1S/C21H24N2O3/c1-13(2)26-17-8-6-16(7-9-17)12-23-19-10-5-14(3)11-18(19)20(21(23)25)22-15(4)24/h5-11,13,20H,12H2,1-4H3,(H,22,24). The van der Waals surface area contributed by atoms with Gasteiger partial charge in [0.25, 0.3) is 5.91 Å². The van der Waals surface area contributed by atoms with Crippen molar-refractivity contribution in [1.82, 2.24) is 5.32 Å². The van der Waals surface area contributed by atoms with E-state index in [9.17, 15) is 9.59 Å². The molecule has 0 spiro atoms. The van der Waals surface area contributed by atoms with Crippen molar-refractivity contribution in [3.05, 3.63) is 59.2 Å². The van der Waals surface area contributed by atoms with Crippen molar-refractivity contribution in [1.29, 1.82) is 0 Å². The molecule has 0 saturated heterocycles. The van der Waals surface area contributed by atoms with Crippen LogP contribution in [0.1, 0.15) is 43.5 Å². The van der Waals surface area contributed by atoms with Crippen molar-refractivity contribution in [2.24, 2.45) is 0 Å². The molecular formula is C21H24N2O3. The smallest absolute Gasteiger partial charge is 0.254 e. The van der Waals surface area contributed by atoms with E-state index >= 15 is 0 Å². The second kappa shape index (κ2) is 7.20. The van der Waals surface area contributed by atoms with Gasteiger partial charge in [0, 0.05) is 18.2 Å². The van der Waals surface area contributed by atoms with E-state index in [1.165, 1.54) is 6.92 Å². The van der Waals surface area contributed by atoms with Gasteiger partial charge < -0.3 is 15.0 Å². The van der Waals surface area contributed by atoms with E-state index in [1.54, 1.807) is 4.90 Å². The molecular weight excluding hydrogens is 328 g/mol. The quantitative estimate of drug-likeness (QED) is 0.896. The molecule has 0 bridgehead atoms. The second-order valence-electron chi connectivity index (χ2n) is 6.93. The third kappa shape index (κ3) is 3.72. The van der Waals surface area contributed by atoms with Gasteiger partial charge in [-0.05, 0) is 44.5 Å². The highest BCUT2D eigenvalue weighted by atomic mass is 16.5. The van der Waals surface area contributed by atoms with Crippen molar-refractivity contribution in [2.45, 2.75) is 46.4 Å². The Morgan fingerprint density at radius 2 is 1.88 bits per heavy atom. The largest absolute Gasteiger partial charge is 0.491 e. The number of rotatable bonds is 5. The number of anilines is 1. The Labute approximate surface area is 154 Å². The Morgan fingerprint density at radius 1 is 1.19 bits per heavy atom. The van der Waals surface area contributed by atoms with Gasteiger partial charge >= 0.3 is 0 Å². The van der Waals surface area contributed by atoms with Crippen LogP contribution < -0.4 is 15.0 Å². The van der Waals surface area contributed by atoms with Crippen molar-refractivity contribution in [2.75, 3.05) is 4.90 Å². The zero-order valence-electron chi connectivity index (χ0n) is 15.6. The Kier molecular flexibility index (Phi) is 4.98. The number of ether oxygens (including phenoxy) is 1. The summed E-state index contributed by atoms with van der Waals surface area (Å²) in [6.45, 7) is 7.83. The fraction of sp³-hybridized carbons (Fsp3) is 0.333. The van der Waals surface area contributed by atoms with Gasteiger partial charge in [-0.3, -0.25) is 9.59 Å². The lowest BCUT2D eigenvalue weighted by Gasteiger charge is -2.19. The Balaban J connectivity index is 1.86. The molecule has 0 fully saturated rings. The Morgan fingerprint density at radius 3 is 2.50 bits per heavy atom. The maximum atomic E-state index is 12.9. The molecule has 2 amide bonds. The van der Waals surface area contributed by atoms with Crippen LogP contribution in [-0.2, 0) is 16.1 Å². The molecule has 5 heteroatoms. The van der Waals surface area contributed by atoms with Gasteiger partial charge in [-0.1, -0.05) is 29.8 Å². The topological polar surface area (TPSA) is 58.6 Å². The van der Waals surface area contributed by atoms with Gasteiger partial charge in [0.1, 0.15) is 11.8 Å². The number of benzene rings is 2. The maximum absolute atomic E-state index is 12.9. The van der Waals surface area contributed by atoms with Gasteiger partial charge in [-0.15, -0.1) is 0 Å². The van der Waals surface area contributed by atoms with Crippen LogP contribution in [0, 0.1) is 6.92 Å². The molecule has 5 nitrogen and oxygen atoms in total. The number of nitrogens with one attached hydrogen (secondary N) is 1. The molecule has 1 aliphatic rings. The average Bonchev–Trinajstić information content (AvgIpc) is 2.81. The lowest BCUT2D eigenvalue weighted by Crippen LogP contribution is -2.36. The first-order valence-electron chi connectivity index (χ1n) is 8.80. The fourth-order valence-electron chi connectivity index (χ4n) is 3.19. The molecule has 2 aromatic carbocycles. The molecule has 136 valence electrons. The van der Waals surface area contributed by atoms with Crippen LogP contribution in [0.25, 0.3) is 0 Å². The number of fused-ring (bicyclic) bond motifs is 1. The monoisotopic (exact) mass is 352 g/mol. The van der Waals surface area contributed by atoms with E-state index in [4.69, 9.17) is 4.74 Å². The van der Waals surface area contributed by atoms with Gasteiger partial charge in [0.05, 0.1) is 12.6 Å². The van der Waals surface area contributed by atoms with Gasteiger partial charge in [-0.2, -0.15) is 0 Å². The van der Waals surface area contributed by atoms with E-state index in [1.807, 2.05) is 63.2 Å².